The van der Waals surface area contributed by atoms with Gasteiger partial charge in [-0.2, -0.15) is 0 Å². The zero-order valence-electron chi connectivity index (χ0n) is 10.4. The highest BCUT2D eigenvalue weighted by Crippen LogP contribution is 2.23. The molecule has 90 valence electrons. The molecule has 2 rings (SSSR count). The maximum Gasteiger partial charge on any atom is 0.0898 e. The average Bonchev–Trinajstić information content (AvgIpc) is 2.67. The summed E-state index contributed by atoms with van der Waals surface area (Å²) in [4.78, 5) is 6.65. The summed E-state index contributed by atoms with van der Waals surface area (Å²) in [6.45, 7) is 4.94. The molecule has 0 bridgehead atoms. The molecule has 1 heterocycles. The van der Waals surface area contributed by atoms with E-state index in [0.29, 0.717) is 0 Å². The summed E-state index contributed by atoms with van der Waals surface area (Å²) in [5.74, 6) is 0. The third-order valence-electron chi connectivity index (χ3n) is 2.71. The molecule has 2 aromatic rings. The lowest BCUT2D eigenvalue weighted by Gasteiger charge is -2.20. The van der Waals surface area contributed by atoms with Gasteiger partial charge in [-0.15, -0.1) is 11.3 Å². The molecule has 4 heteroatoms. The summed E-state index contributed by atoms with van der Waals surface area (Å²) in [6.07, 6.45) is 0. The van der Waals surface area contributed by atoms with Crippen molar-refractivity contribution in [3.8, 4) is 0 Å². The first-order chi connectivity index (χ1) is 8.06. The van der Waals surface area contributed by atoms with Crippen LogP contribution in [0.25, 0.3) is 0 Å². The van der Waals surface area contributed by atoms with Gasteiger partial charge in [-0.25, -0.2) is 4.98 Å². The van der Waals surface area contributed by atoms with Crippen molar-refractivity contribution in [2.45, 2.75) is 20.4 Å². The van der Waals surface area contributed by atoms with Gasteiger partial charge in [0.25, 0.3) is 0 Å². The lowest BCUT2D eigenvalue weighted by Crippen LogP contribution is -2.17. The maximum absolute atomic E-state index is 5.82. The van der Waals surface area contributed by atoms with Crippen LogP contribution in [0.5, 0.6) is 0 Å². The predicted octanol–water partition coefficient (Wildman–Crippen LogP) is 2.98. The van der Waals surface area contributed by atoms with E-state index in [1.165, 1.54) is 5.56 Å². The van der Waals surface area contributed by atoms with E-state index in [9.17, 15) is 0 Å². The first-order valence-corrected chi connectivity index (χ1v) is 6.42. The van der Waals surface area contributed by atoms with Crippen LogP contribution in [0, 0.1) is 13.8 Å². The quantitative estimate of drug-likeness (QED) is 0.848. The highest BCUT2D eigenvalue weighted by molar-refractivity contribution is 7.09. The molecule has 17 heavy (non-hydrogen) atoms. The summed E-state index contributed by atoms with van der Waals surface area (Å²) in [5, 5.41) is 3.21. The molecule has 0 spiro atoms. The number of hydrogen-bond acceptors (Lipinski definition) is 4. The van der Waals surface area contributed by atoms with Crippen molar-refractivity contribution in [2.75, 3.05) is 17.7 Å². The van der Waals surface area contributed by atoms with Gasteiger partial charge in [0.15, 0.2) is 0 Å². The molecule has 0 aliphatic carbocycles. The number of nitrogen functional groups attached to an aromatic ring is 1. The van der Waals surface area contributed by atoms with Gasteiger partial charge in [-0.3, -0.25) is 0 Å². The second kappa shape index (κ2) is 4.75. The Bertz CT molecular complexity index is 519. The fourth-order valence-corrected chi connectivity index (χ4v) is 2.45. The summed E-state index contributed by atoms with van der Waals surface area (Å²) < 4.78 is 0. The largest absolute Gasteiger partial charge is 0.399 e. The Morgan fingerprint density at radius 3 is 2.76 bits per heavy atom. The molecule has 0 radical (unpaired) electrons. The van der Waals surface area contributed by atoms with Crippen LogP contribution in [0.4, 0.5) is 11.4 Å². The van der Waals surface area contributed by atoms with Gasteiger partial charge in [-0.1, -0.05) is 6.07 Å². The van der Waals surface area contributed by atoms with Crippen molar-refractivity contribution in [1.29, 1.82) is 0 Å². The summed E-state index contributed by atoms with van der Waals surface area (Å²) >= 11 is 1.69. The number of hydrogen-bond donors (Lipinski definition) is 1. The van der Waals surface area contributed by atoms with Crippen LogP contribution >= 0.6 is 11.3 Å². The third kappa shape index (κ3) is 2.77. The highest BCUT2D eigenvalue weighted by Gasteiger charge is 2.07. The number of nitrogens with zero attached hydrogens (tertiary/aromatic N) is 2. The Balaban J connectivity index is 2.19. The first-order valence-electron chi connectivity index (χ1n) is 5.54. The smallest absolute Gasteiger partial charge is 0.0898 e. The molecule has 0 aliphatic rings. The van der Waals surface area contributed by atoms with E-state index in [1.807, 2.05) is 25.1 Å². The first kappa shape index (κ1) is 11.9. The van der Waals surface area contributed by atoms with Crippen molar-refractivity contribution in [2.24, 2.45) is 0 Å². The molecular formula is C13H17N3S. The minimum Gasteiger partial charge on any atom is -0.399 e. The average molecular weight is 247 g/mol. The van der Waals surface area contributed by atoms with Crippen molar-refractivity contribution in [3.05, 3.63) is 39.8 Å². The van der Waals surface area contributed by atoms with Crippen molar-refractivity contribution in [1.82, 2.24) is 4.98 Å². The number of benzene rings is 1. The molecule has 0 aliphatic heterocycles. The van der Waals surface area contributed by atoms with Crippen LogP contribution < -0.4 is 10.6 Å². The minimum absolute atomic E-state index is 0.798. The van der Waals surface area contributed by atoms with Gasteiger partial charge >= 0.3 is 0 Å². The topological polar surface area (TPSA) is 42.2 Å². The molecule has 0 amide bonds. The van der Waals surface area contributed by atoms with E-state index in [1.54, 1.807) is 11.3 Å². The number of nitrogens with two attached hydrogens (primary N) is 1. The SMILES string of the molecule is Cc1nc(CN(C)c2cc(N)ccc2C)cs1. The fraction of sp³-hybridized carbons (Fsp3) is 0.308. The molecule has 0 atom stereocenters. The normalized spacial score (nSPS) is 10.5. The van der Waals surface area contributed by atoms with Gasteiger partial charge in [0, 0.05) is 23.8 Å². The lowest BCUT2D eigenvalue weighted by atomic mass is 10.1. The second-order valence-electron chi connectivity index (χ2n) is 4.26. The van der Waals surface area contributed by atoms with Crippen LogP contribution in [0.1, 0.15) is 16.3 Å². The Morgan fingerprint density at radius 2 is 2.12 bits per heavy atom. The Kier molecular flexibility index (Phi) is 3.33. The van der Waals surface area contributed by atoms with Crippen molar-refractivity contribution < 1.29 is 0 Å². The number of anilines is 2. The van der Waals surface area contributed by atoms with Gasteiger partial charge < -0.3 is 10.6 Å². The summed E-state index contributed by atoms with van der Waals surface area (Å²) in [7, 11) is 2.07. The molecule has 0 unspecified atom stereocenters. The van der Waals surface area contributed by atoms with Gasteiger partial charge in [0.1, 0.15) is 0 Å². The molecule has 1 aromatic heterocycles. The Hall–Kier alpha value is -1.55. The van der Waals surface area contributed by atoms with E-state index < -0.39 is 0 Å². The minimum atomic E-state index is 0.798. The van der Waals surface area contributed by atoms with Gasteiger partial charge in [-0.05, 0) is 31.5 Å². The number of aryl methyl sites for hydroxylation is 2. The van der Waals surface area contributed by atoms with Crippen molar-refractivity contribution >= 4 is 22.7 Å². The standard InChI is InChI=1S/C13H17N3S/c1-9-4-5-11(14)6-13(9)16(3)7-12-8-17-10(2)15-12/h4-6,8H,7,14H2,1-3H3. The zero-order valence-corrected chi connectivity index (χ0v) is 11.2. The van der Waals surface area contributed by atoms with Crippen LogP contribution in [-0.4, -0.2) is 12.0 Å². The molecule has 1 aromatic carbocycles. The number of rotatable bonds is 3. The van der Waals surface area contributed by atoms with Gasteiger partial charge in [0.05, 0.1) is 17.2 Å². The Morgan fingerprint density at radius 1 is 1.35 bits per heavy atom. The fourth-order valence-electron chi connectivity index (χ4n) is 1.85. The number of aromatic nitrogens is 1. The number of thiazole rings is 1. The lowest BCUT2D eigenvalue weighted by molar-refractivity contribution is 0.886. The van der Waals surface area contributed by atoms with E-state index >= 15 is 0 Å². The van der Waals surface area contributed by atoms with Crippen molar-refractivity contribution in [3.63, 3.8) is 0 Å². The van der Waals surface area contributed by atoms with Crippen LogP contribution in [0.2, 0.25) is 0 Å². The Labute approximate surface area is 106 Å². The molecule has 0 saturated heterocycles. The van der Waals surface area contributed by atoms with E-state index in [0.717, 1.165) is 28.6 Å². The van der Waals surface area contributed by atoms with Gasteiger partial charge in [0.2, 0.25) is 0 Å². The van der Waals surface area contributed by atoms with Crippen LogP contribution in [-0.2, 0) is 6.54 Å². The molecule has 0 fully saturated rings. The van der Waals surface area contributed by atoms with E-state index in [4.69, 9.17) is 5.73 Å². The predicted molar refractivity (Wildman–Crippen MR) is 74.5 cm³/mol. The van der Waals surface area contributed by atoms with Crippen LogP contribution in [0.3, 0.4) is 0 Å². The zero-order chi connectivity index (χ0) is 12.4. The third-order valence-corrected chi connectivity index (χ3v) is 3.53. The molecule has 3 nitrogen and oxygen atoms in total. The van der Waals surface area contributed by atoms with E-state index in [2.05, 4.69) is 29.2 Å². The van der Waals surface area contributed by atoms with E-state index in [-0.39, 0.29) is 0 Å². The summed E-state index contributed by atoms with van der Waals surface area (Å²) in [6, 6.07) is 5.99. The monoisotopic (exact) mass is 247 g/mol. The molecule has 2 N–H and O–H groups in total. The summed E-state index contributed by atoms with van der Waals surface area (Å²) in [5.41, 5.74) is 10.1. The van der Waals surface area contributed by atoms with Crippen LogP contribution in [0.15, 0.2) is 23.6 Å². The highest BCUT2D eigenvalue weighted by atomic mass is 32.1. The molecular weight excluding hydrogens is 230 g/mol. The second-order valence-corrected chi connectivity index (χ2v) is 5.32. The molecule has 0 saturated carbocycles. The maximum atomic E-state index is 5.82.